The molecule has 0 saturated carbocycles. The first-order valence-corrected chi connectivity index (χ1v) is 4.07. The van der Waals surface area contributed by atoms with Crippen molar-refractivity contribution in [3.8, 4) is 0 Å². The van der Waals surface area contributed by atoms with E-state index in [-0.39, 0.29) is 0 Å². The van der Waals surface area contributed by atoms with E-state index < -0.39 is 7.74 Å². The van der Waals surface area contributed by atoms with Crippen LogP contribution in [0.15, 0.2) is 0 Å². The van der Waals surface area contributed by atoms with Gasteiger partial charge in [-0.2, -0.15) is 0 Å². The summed E-state index contributed by atoms with van der Waals surface area (Å²) in [4.78, 5) is 17.8. The zero-order valence-corrected chi connectivity index (χ0v) is 6.46. The fourth-order valence-electron chi connectivity index (χ4n) is 0.224. The Hall–Kier alpha value is 0.230. The van der Waals surface area contributed by atoms with Gasteiger partial charge in [0.1, 0.15) is 0 Å². The monoisotopic (exact) mass is 158 g/mol. The molecule has 0 aliphatic carbocycles. The van der Waals surface area contributed by atoms with Gasteiger partial charge in [0.25, 0.3) is 0 Å². The molecule has 5 nitrogen and oxygen atoms in total. The van der Waals surface area contributed by atoms with Gasteiger partial charge in [-0.25, -0.2) is 0 Å². The first kappa shape index (κ1) is 9.23. The molecule has 0 aromatic heterocycles. The van der Waals surface area contributed by atoms with Gasteiger partial charge in [0.05, 0.1) is 0 Å². The molecule has 0 spiro atoms. The third-order valence-electron chi connectivity index (χ3n) is 0.937. The summed E-state index contributed by atoms with van der Waals surface area (Å²) < 4.78 is 12.7. The van der Waals surface area contributed by atoms with Crippen molar-refractivity contribution >= 4 is 7.74 Å². The van der Waals surface area contributed by atoms with Crippen LogP contribution < -0.4 is 0 Å². The Morgan fingerprint density at radius 1 is 0.889 bits per heavy atom. The molecule has 0 saturated heterocycles. The van der Waals surface area contributed by atoms with E-state index in [4.69, 9.17) is 9.79 Å². The molecule has 6 heteroatoms. The first-order chi connectivity index (χ1) is 3.96. The van der Waals surface area contributed by atoms with Crippen LogP contribution in [0.4, 0.5) is 0 Å². The Morgan fingerprint density at radius 2 is 1.11 bits per heavy atom. The van der Waals surface area contributed by atoms with Gasteiger partial charge < -0.3 is 0 Å². The van der Waals surface area contributed by atoms with Crippen LogP contribution in [0.25, 0.3) is 0 Å². The van der Waals surface area contributed by atoms with E-state index in [0.29, 0.717) is 0 Å². The zero-order valence-electron chi connectivity index (χ0n) is 5.57. The molecule has 0 heterocycles. The van der Waals surface area contributed by atoms with Crippen molar-refractivity contribution in [3.63, 3.8) is 0 Å². The van der Waals surface area contributed by atoms with Crippen molar-refractivity contribution in [1.82, 2.24) is 0 Å². The molecular weight excluding hydrogens is 147 g/mol. The van der Waals surface area contributed by atoms with E-state index in [2.05, 4.69) is 13.6 Å². The van der Waals surface area contributed by atoms with Crippen LogP contribution in [0, 0.1) is 0 Å². The molecule has 0 atom stereocenters. The summed E-state index contributed by atoms with van der Waals surface area (Å²) >= 11 is 0. The van der Waals surface area contributed by atoms with Gasteiger partial charge in [-0.1, -0.05) is 0 Å². The Balaban J connectivity index is 4.20. The van der Waals surface area contributed by atoms with Crippen LogP contribution in [-0.4, -0.2) is 31.1 Å². The van der Waals surface area contributed by atoms with Crippen molar-refractivity contribution < 1.29 is 23.4 Å². The van der Waals surface area contributed by atoms with Gasteiger partial charge in [-0.05, 0) is 0 Å². The molecule has 0 bridgehead atoms. The number of hydrogen-bond acceptors (Lipinski definition) is 5. The van der Waals surface area contributed by atoms with Gasteiger partial charge in [-0.15, -0.1) is 0 Å². The average molecular weight is 158 g/mol. The normalized spacial score (nSPS) is 16.8. The summed E-state index contributed by atoms with van der Waals surface area (Å²) in [6.45, 7) is 0. The first-order valence-electron chi connectivity index (χ1n) is 2.17. The Kier molecular flexibility index (Phi) is 2.52. The molecule has 0 aliphatic rings. The standard InChI is InChI=1S/C3H11O5P/c1-6-9(4,5,7-2)8-3/h4-5H,1-3H3. The van der Waals surface area contributed by atoms with Crippen molar-refractivity contribution in [2.75, 3.05) is 21.3 Å². The summed E-state index contributed by atoms with van der Waals surface area (Å²) in [5.74, 6) is 0. The Labute approximate surface area is 53.5 Å². The van der Waals surface area contributed by atoms with Gasteiger partial charge in [0.15, 0.2) is 0 Å². The van der Waals surface area contributed by atoms with Crippen molar-refractivity contribution in [2.45, 2.75) is 0 Å². The van der Waals surface area contributed by atoms with E-state index in [1.807, 2.05) is 0 Å². The maximum atomic E-state index is 8.92. The van der Waals surface area contributed by atoms with Gasteiger partial charge in [-0.3, -0.25) is 0 Å². The van der Waals surface area contributed by atoms with Crippen molar-refractivity contribution in [2.24, 2.45) is 0 Å². The van der Waals surface area contributed by atoms with Crippen LogP contribution >= 0.6 is 7.74 Å². The third kappa shape index (κ3) is 2.14. The number of hydrogen-bond donors (Lipinski definition) is 2. The molecule has 2 N–H and O–H groups in total. The molecule has 0 unspecified atom stereocenters. The summed E-state index contributed by atoms with van der Waals surface area (Å²) in [6.07, 6.45) is 0. The molecule has 0 fully saturated rings. The number of rotatable bonds is 3. The summed E-state index contributed by atoms with van der Waals surface area (Å²) in [7, 11) is -1.36. The predicted octanol–water partition coefficient (Wildman–Crippen LogP) is 0.0385. The molecular formula is C3H11O5P. The van der Waals surface area contributed by atoms with Crippen molar-refractivity contribution in [3.05, 3.63) is 0 Å². The Bertz CT molecular complexity index is 83.4. The van der Waals surface area contributed by atoms with E-state index in [1.165, 1.54) is 0 Å². The van der Waals surface area contributed by atoms with Gasteiger partial charge >= 0.3 is 52.4 Å². The molecule has 0 aromatic carbocycles. The van der Waals surface area contributed by atoms with Crippen LogP contribution in [0.3, 0.4) is 0 Å². The van der Waals surface area contributed by atoms with Gasteiger partial charge in [0.2, 0.25) is 0 Å². The van der Waals surface area contributed by atoms with Gasteiger partial charge in [0, 0.05) is 0 Å². The van der Waals surface area contributed by atoms with Crippen molar-refractivity contribution in [1.29, 1.82) is 0 Å². The van der Waals surface area contributed by atoms with E-state index in [0.717, 1.165) is 21.3 Å². The molecule has 0 radical (unpaired) electrons. The van der Waals surface area contributed by atoms with Crippen LogP contribution in [0.2, 0.25) is 0 Å². The third-order valence-corrected chi connectivity index (χ3v) is 2.81. The van der Waals surface area contributed by atoms with E-state index >= 15 is 0 Å². The SMILES string of the molecule is COP(O)(O)(OC)OC. The predicted molar refractivity (Wildman–Crippen MR) is 32.4 cm³/mol. The molecule has 58 valence electrons. The van der Waals surface area contributed by atoms with Crippen LogP contribution in [0.5, 0.6) is 0 Å². The average Bonchev–Trinajstić information content (AvgIpc) is 1.90. The zero-order chi connectivity index (χ0) is 7.57. The Morgan fingerprint density at radius 3 is 1.11 bits per heavy atom. The maximum absolute atomic E-state index is 8.92. The minimum absolute atomic E-state index is 1.09. The summed E-state index contributed by atoms with van der Waals surface area (Å²) in [6, 6.07) is 0. The second kappa shape index (κ2) is 2.46. The fourth-order valence-corrected chi connectivity index (χ4v) is 0.671. The molecule has 9 heavy (non-hydrogen) atoms. The molecule has 0 aliphatic heterocycles. The fraction of sp³-hybridized carbons (Fsp3) is 1.00. The quantitative estimate of drug-likeness (QED) is 0.567. The molecule has 0 rings (SSSR count). The van der Waals surface area contributed by atoms with E-state index in [1.54, 1.807) is 0 Å². The summed E-state index contributed by atoms with van der Waals surface area (Å²) in [5, 5.41) is 0. The second-order valence-corrected chi connectivity index (χ2v) is 4.05. The van der Waals surface area contributed by atoms with Crippen LogP contribution in [0.1, 0.15) is 0 Å². The molecule has 0 aromatic rings. The topological polar surface area (TPSA) is 68.2 Å². The molecule has 0 amide bonds. The minimum atomic E-state index is -4.63. The van der Waals surface area contributed by atoms with E-state index in [9.17, 15) is 0 Å². The summed E-state index contributed by atoms with van der Waals surface area (Å²) in [5.41, 5.74) is 0. The second-order valence-electron chi connectivity index (χ2n) is 1.35. The van der Waals surface area contributed by atoms with Crippen LogP contribution in [-0.2, 0) is 13.6 Å².